The SMILES string of the molecule is C=C(C)c1cccc(O)c1-c1ccccc1O. The molecule has 0 saturated heterocycles. The van der Waals surface area contributed by atoms with Crippen molar-refractivity contribution in [1.29, 1.82) is 0 Å². The van der Waals surface area contributed by atoms with Crippen LogP contribution in [0.15, 0.2) is 49.0 Å². The summed E-state index contributed by atoms with van der Waals surface area (Å²) in [6, 6.07) is 12.2. The van der Waals surface area contributed by atoms with Gasteiger partial charge >= 0.3 is 0 Å². The van der Waals surface area contributed by atoms with Gasteiger partial charge in [0, 0.05) is 11.1 Å². The number of phenols is 2. The second kappa shape index (κ2) is 4.34. The molecule has 0 fully saturated rings. The smallest absolute Gasteiger partial charge is 0.124 e. The monoisotopic (exact) mass is 226 g/mol. The first kappa shape index (κ1) is 11.3. The molecule has 2 aromatic rings. The zero-order valence-corrected chi connectivity index (χ0v) is 9.64. The minimum absolute atomic E-state index is 0.145. The van der Waals surface area contributed by atoms with E-state index in [9.17, 15) is 10.2 Å². The van der Waals surface area contributed by atoms with Crippen molar-refractivity contribution in [3.63, 3.8) is 0 Å². The lowest BCUT2D eigenvalue weighted by Crippen LogP contribution is -1.87. The summed E-state index contributed by atoms with van der Waals surface area (Å²) in [5, 5.41) is 19.8. The van der Waals surface area contributed by atoms with Crippen molar-refractivity contribution in [1.82, 2.24) is 0 Å². The van der Waals surface area contributed by atoms with Gasteiger partial charge in [0.2, 0.25) is 0 Å². The summed E-state index contributed by atoms with van der Waals surface area (Å²) in [7, 11) is 0. The van der Waals surface area contributed by atoms with E-state index in [0.29, 0.717) is 11.1 Å². The third kappa shape index (κ3) is 2.02. The van der Waals surface area contributed by atoms with Crippen LogP contribution in [-0.4, -0.2) is 10.2 Å². The summed E-state index contributed by atoms with van der Waals surface area (Å²) in [4.78, 5) is 0. The van der Waals surface area contributed by atoms with E-state index in [-0.39, 0.29) is 11.5 Å². The topological polar surface area (TPSA) is 40.5 Å². The molecule has 0 aliphatic heterocycles. The van der Waals surface area contributed by atoms with Crippen LogP contribution in [0.2, 0.25) is 0 Å². The maximum atomic E-state index is 9.97. The highest BCUT2D eigenvalue weighted by Crippen LogP contribution is 2.39. The van der Waals surface area contributed by atoms with Crippen LogP contribution in [0.4, 0.5) is 0 Å². The zero-order chi connectivity index (χ0) is 12.4. The summed E-state index contributed by atoms with van der Waals surface area (Å²) in [5.41, 5.74) is 2.92. The van der Waals surface area contributed by atoms with Gasteiger partial charge in [-0.2, -0.15) is 0 Å². The number of aromatic hydroxyl groups is 2. The van der Waals surface area contributed by atoms with Crippen LogP contribution in [0.1, 0.15) is 12.5 Å². The maximum absolute atomic E-state index is 9.97. The Morgan fingerprint density at radius 2 is 1.59 bits per heavy atom. The van der Waals surface area contributed by atoms with Crippen LogP contribution in [0, 0.1) is 0 Å². The minimum atomic E-state index is 0.145. The molecule has 86 valence electrons. The van der Waals surface area contributed by atoms with Crippen molar-refractivity contribution in [3.8, 4) is 22.6 Å². The summed E-state index contributed by atoms with van der Waals surface area (Å²) in [5.74, 6) is 0.295. The zero-order valence-electron chi connectivity index (χ0n) is 9.64. The normalized spacial score (nSPS) is 10.2. The van der Waals surface area contributed by atoms with E-state index in [2.05, 4.69) is 6.58 Å². The highest BCUT2D eigenvalue weighted by molar-refractivity contribution is 5.86. The van der Waals surface area contributed by atoms with Crippen LogP contribution in [0.5, 0.6) is 11.5 Å². The predicted octanol–water partition coefficient (Wildman–Crippen LogP) is 3.80. The molecule has 2 N–H and O–H groups in total. The van der Waals surface area contributed by atoms with E-state index in [0.717, 1.165) is 11.1 Å². The van der Waals surface area contributed by atoms with Gasteiger partial charge in [-0.1, -0.05) is 42.5 Å². The molecule has 0 bridgehead atoms. The standard InChI is InChI=1S/C15H14O2/c1-10(2)11-7-5-9-14(17)15(11)12-6-3-4-8-13(12)16/h3-9,16-17H,1H2,2H3. The van der Waals surface area contributed by atoms with E-state index in [4.69, 9.17) is 0 Å². The number of allylic oxidation sites excluding steroid dienone is 1. The first-order valence-corrected chi connectivity index (χ1v) is 5.37. The lowest BCUT2D eigenvalue weighted by atomic mass is 9.94. The second-order valence-electron chi connectivity index (χ2n) is 4.00. The third-order valence-corrected chi connectivity index (χ3v) is 2.68. The quantitative estimate of drug-likeness (QED) is 0.817. The Balaban J connectivity index is 2.75. The van der Waals surface area contributed by atoms with Gasteiger partial charge in [-0.3, -0.25) is 0 Å². The van der Waals surface area contributed by atoms with Crippen LogP contribution in [-0.2, 0) is 0 Å². The average molecular weight is 226 g/mol. The number of hydrogen-bond donors (Lipinski definition) is 2. The van der Waals surface area contributed by atoms with Crippen LogP contribution in [0.25, 0.3) is 16.7 Å². The molecule has 0 radical (unpaired) electrons. The van der Waals surface area contributed by atoms with Crippen LogP contribution < -0.4 is 0 Å². The highest BCUT2D eigenvalue weighted by atomic mass is 16.3. The molecular formula is C15H14O2. The Labute approximate surface area is 100 Å². The molecule has 17 heavy (non-hydrogen) atoms. The average Bonchev–Trinajstić information content (AvgIpc) is 2.30. The number of benzene rings is 2. The molecule has 2 rings (SSSR count). The lowest BCUT2D eigenvalue weighted by Gasteiger charge is -2.12. The van der Waals surface area contributed by atoms with Crippen molar-refractivity contribution < 1.29 is 10.2 Å². The van der Waals surface area contributed by atoms with E-state index in [1.54, 1.807) is 30.3 Å². The minimum Gasteiger partial charge on any atom is -0.507 e. The fourth-order valence-electron chi connectivity index (χ4n) is 1.86. The molecule has 0 aromatic heterocycles. The Kier molecular flexibility index (Phi) is 2.88. The van der Waals surface area contributed by atoms with Crippen molar-refractivity contribution in [2.75, 3.05) is 0 Å². The van der Waals surface area contributed by atoms with Gasteiger partial charge in [-0.05, 0) is 24.6 Å². The molecule has 0 saturated carbocycles. The van der Waals surface area contributed by atoms with Gasteiger partial charge < -0.3 is 10.2 Å². The van der Waals surface area contributed by atoms with Gasteiger partial charge in [0.25, 0.3) is 0 Å². The van der Waals surface area contributed by atoms with Gasteiger partial charge in [-0.15, -0.1) is 0 Å². The Morgan fingerprint density at radius 1 is 0.941 bits per heavy atom. The lowest BCUT2D eigenvalue weighted by molar-refractivity contribution is 0.469. The molecule has 0 atom stereocenters. The number of phenolic OH excluding ortho intramolecular Hbond substituents is 2. The first-order valence-electron chi connectivity index (χ1n) is 5.37. The molecule has 0 heterocycles. The highest BCUT2D eigenvalue weighted by Gasteiger charge is 2.13. The Bertz CT molecular complexity index is 571. The Hall–Kier alpha value is -2.22. The molecule has 0 aliphatic rings. The van der Waals surface area contributed by atoms with Crippen molar-refractivity contribution in [3.05, 3.63) is 54.6 Å². The maximum Gasteiger partial charge on any atom is 0.124 e. The van der Waals surface area contributed by atoms with E-state index in [1.165, 1.54) is 0 Å². The number of rotatable bonds is 2. The fraction of sp³-hybridized carbons (Fsp3) is 0.0667. The summed E-state index contributed by atoms with van der Waals surface area (Å²) < 4.78 is 0. The second-order valence-corrected chi connectivity index (χ2v) is 4.00. The molecule has 2 aromatic carbocycles. The summed E-state index contributed by atoms with van der Waals surface area (Å²) in [6.45, 7) is 5.76. The van der Waals surface area contributed by atoms with Crippen molar-refractivity contribution >= 4 is 5.57 Å². The van der Waals surface area contributed by atoms with Gasteiger partial charge in [-0.25, -0.2) is 0 Å². The van der Waals surface area contributed by atoms with E-state index < -0.39 is 0 Å². The first-order chi connectivity index (χ1) is 8.11. The van der Waals surface area contributed by atoms with Crippen molar-refractivity contribution in [2.45, 2.75) is 6.92 Å². The largest absolute Gasteiger partial charge is 0.507 e. The molecule has 0 aliphatic carbocycles. The molecule has 0 amide bonds. The number of para-hydroxylation sites is 1. The fourth-order valence-corrected chi connectivity index (χ4v) is 1.86. The van der Waals surface area contributed by atoms with E-state index in [1.807, 2.05) is 19.1 Å². The van der Waals surface area contributed by atoms with Crippen LogP contribution in [0.3, 0.4) is 0 Å². The molecule has 0 spiro atoms. The molecule has 0 unspecified atom stereocenters. The number of hydrogen-bond acceptors (Lipinski definition) is 2. The predicted molar refractivity (Wildman–Crippen MR) is 69.9 cm³/mol. The third-order valence-electron chi connectivity index (χ3n) is 2.68. The molecule has 2 heteroatoms. The Morgan fingerprint density at radius 3 is 2.24 bits per heavy atom. The molecular weight excluding hydrogens is 212 g/mol. The summed E-state index contributed by atoms with van der Waals surface area (Å²) in [6.07, 6.45) is 0. The van der Waals surface area contributed by atoms with Gasteiger partial charge in [0.1, 0.15) is 11.5 Å². The van der Waals surface area contributed by atoms with Crippen LogP contribution >= 0.6 is 0 Å². The van der Waals surface area contributed by atoms with Crippen molar-refractivity contribution in [2.24, 2.45) is 0 Å². The van der Waals surface area contributed by atoms with Gasteiger partial charge in [0.05, 0.1) is 0 Å². The summed E-state index contributed by atoms with van der Waals surface area (Å²) >= 11 is 0. The van der Waals surface area contributed by atoms with Gasteiger partial charge in [0.15, 0.2) is 0 Å². The van der Waals surface area contributed by atoms with E-state index >= 15 is 0 Å². The molecule has 2 nitrogen and oxygen atoms in total.